The summed E-state index contributed by atoms with van der Waals surface area (Å²) in [6.45, 7) is 4.44. The molecule has 0 saturated heterocycles. The van der Waals surface area contributed by atoms with Gasteiger partial charge in [0.05, 0.1) is 0 Å². The minimum absolute atomic E-state index is 0.909. The van der Waals surface area contributed by atoms with Crippen molar-refractivity contribution in [1.82, 2.24) is 0 Å². The zero-order valence-corrected chi connectivity index (χ0v) is 6.04. The number of halogens is 3. The molecule has 0 aliphatic carbocycles. The van der Waals surface area contributed by atoms with Gasteiger partial charge in [-0.2, -0.15) is 13.2 Å². The Hall–Kier alpha value is -0.670. The number of ether oxygens (including phenoxy) is 1. The minimum atomic E-state index is -2.42. The molecule has 0 unspecified atom stereocenters. The Labute approximate surface area is 57.5 Å². The standard InChI is InChI=1S/C6H9F3O/c1-6(2,3)10-5(9)4(7)8/h1-3H3. The van der Waals surface area contributed by atoms with Gasteiger partial charge in [-0.3, -0.25) is 0 Å². The Bertz CT molecular complexity index is 142. The number of hydrogen-bond acceptors (Lipinski definition) is 1. The van der Waals surface area contributed by atoms with E-state index in [1.807, 2.05) is 0 Å². The van der Waals surface area contributed by atoms with Crippen LogP contribution in [0.2, 0.25) is 0 Å². The third kappa shape index (κ3) is 4.23. The van der Waals surface area contributed by atoms with Crippen molar-refractivity contribution >= 4 is 0 Å². The van der Waals surface area contributed by atoms with Gasteiger partial charge in [0.15, 0.2) is 0 Å². The van der Waals surface area contributed by atoms with E-state index < -0.39 is 17.7 Å². The van der Waals surface area contributed by atoms with E-state index in [0.29, 0.717) is 0 Å². The summed E-state index contributed by atoms with van der Waals surface area (Å²) < 4.78 is 38.8. The molecule has 0 radical (unpaired) electrons. The lowest BCUT2D eigenvalue weighted by atomic mass is 10.2. The molecule has 0 heterocycles. The van der Waals surface area contributed by atoms with Crippen LogP contribution < -0.4 is 0 Å². The van der Waals surface area contributed by atoms with Crippen LogP contribution in [0.4, 0.5) is 13.2 Å². The lowest BCUT2D eigenvalue weighted by Crippen LogP contribution is -2.17. The van der Waals surface area contributed by atoms with Crippen LogP contribution in [0.1, 0.15) is 20.8 Å². The Balaban J connectivity index is 4.06. The van der Waals surface area contributed by atoms with E-state index in [1.165, 1.54) is 20.8 Å². The average Bonchev–Trinajstić information content (AvgIpc) is 1.60. The Morgan fingerprint density at radius 3 is 1.60 bits per heavy atom. The van der Waals surface area contributed by atoms with Crippen LogP contribution in [0.5, 0.6) is 0 Å². The van der Waals surface area contributed by atoms with Crippen molar-refractivity contribution < 1.29 is 17.9 Å². The first kappa shape index (κ1) is 9.33. The van der Waals surface area contributed by atoms with Gasteiger partial charge in [-0.15, -0.1) is 0 Å². The molecule has 0 spiro atoms. The predicted octanol–water partition coefficient (Wildman–Crippen LogP) is 2.84. The summed E-state index contributed by atoms with van der Waals surface area (Å²) >= 11 is 0. The maximum absolute atomic E-state index is 11.9. The van der Waals surface area contributed by atoms with Gasteiger partial charge in [0.2, 0.25) is 0 Å². The molecule has 0 bridgehead atoms. The molecule has 60 valence electrons. The van der Waals surface area contributed by atoms with Gasteiger partial charge < -0.3 is 4.74 Å². The Morgan fingerprint density at radius 2 is 1.50 bits per heavy atom. The van der Waals surface area contributed by atoms with Crippen LogP contribution in [0.25, 0.3) is 0 Å². The van der Waals surface area contributed by atoms with Crippen molar-refractivity contribution in [1.29, 1.82) is 0 Å². The molecule has 4 heteroatoms. The molecule has 0 aliphatic heterocycles. The smallest absolute Gasteiger partial charge is 0.342 e. The van der Waals surface area contributed by atoms with Gasteiger partial charge in [-0.1, -0.05) is 0 Å². The van der Waals surface area contributed by atoms with E-state index in [9.17, 15) is 13.2 Å². The summed E-state index contributed by atoms with van der Waals surface area (Å²) in [6, 6.07) is -1.80. The fraction of sp³-hybridized carbons (Fsp3) is 0.667. The third-order valence-corrected chi connectivity index (χ3v) is 0.544. The van der Waals surface area contributed by atoms with Gasteiger partial charge in [0.1, 0.15) is 5.60 Å². The van der Waals surface area contributed by atoms with Gasteiger partial charge in [-0.05, 0) is 20.8 Å². The molecule has 0 aromatic rings. The highest BCUT2D eigenvalue weighted by molar-refractivity contribution is 4.83. The molecule has 0 amide bonds. The van der Waals surface area contributed by atoms with Gasteiger partial charge >= 0.3 is 12.1 Å². The molecule has 0 fully saturated rings. The number of rotatable bonds is 1. The third-order valence-electron chi connectivity index (χ3n) is 0.544. The van der Waals surface area contributed by atoms with Gasteiger partial charge in [0, 0.05) is 0 Å². The van der Waals surface area contributed by atoms with E-state index in [-0.39, 0.29) is 0 Å². The van der Waals surface area contributed by atoms with Gasteiger partial charge in [0.25, 0.3) is 0 Å². The normalized spacial score (nSPS) is 11.0. The second kappa shape index (κ2) is 2.94. The van der Waals surface area contributed by atoms with Crippen molar-refractivity contribution in [2.24, 2.45) is 0 Å². The highest BCUT2D eigenvalue weighted by atomic mass is 19.3. The molecule has 0 saturated carbocycles. The second-order valence-electron chi connectivity index (χ2n) is 2.75. The fourth-order valence-corrected chi connectivity index (χ4v) is 0.307. The van der Waals surface area contributed by atoms with Crippen LogP contribution >= 0.6 is 0 Å². The lowest BCUT2D eigenvalue weighted by Gasteiger charge is -2.18. The van der Waals surface area contributed by atoms with Crippen molar-refractivity contribution in [2.75, 3.05) is 0 Å². The zero-order valence-electron chi connectivity index (χ0n) is 6.04. The monoisotopic (exact) mass is 154 g/mol. The maximum Gasteiger partial charge on any atom is 0.342 e. The van der Waals surface area contributed by atoms with Crippen molar-refractivity contribution in [3.8, 4) is 0 Å². The van der Waals surface area contributed by atoms with Crippen LogP contribution in [0, 0.1) is 0 Å². The first-order chi connectivity index (χ1) is 4.33. The second-order valence-corrected chi connectivity index (χ2v) is 2.75. The SMILES string of the molecule is CC(C)(C)OC(F)=C(F)F. The Morgan fingerprint density at radius 1 is 1.10 bits per heavy atom. The Kier molecular flexibility index (Phi) is 2.75. The van der Waals surface area contributed by atoms with Gasteiger partial charge in [-0.25, -0.2) is 0 Å². The largest absolute Gasteiger partial charge is 0.461 e. The van der Waals surface area contributed by atoms with Crippen LogP contribution in [-0.4, -0.2) is 5.60 Å². The molecule has 1 nitrogen and oxygen atoms in total. The lowest BCUT2D eigenvalue weighted by molar-refractivity contribution is 0.00176. The summed E-state index contributed by atoms with van der Waals surface area (Å²) in [5, 5.41) is 0. The minimum Gasteiger partial charge on any atom is -0.461 e. The molecule has 0 aromatic carbocycles. The molecular weight excluding hydrogens is 145 g/mol. The fourth-order valence-electron chi connectivity index (χ4n) is 0.307. The molecule has 0 rings (SSSR count). The predicted molar refractivity (Wildman–Crippen MR) is 31.2 cm³/mol. The van der Waals surface area contributed by atoms with Crippen molar-refractivity contribution in [3.05, 3.63) is 12.1 Å². The van der Waals surface area contributed by atoms with E-state index in [1.54, 1.807) is 0 Å². The van der Waals surface area contributed by atoms with E-state index in [0.717, 1.165) is 0 Å². The summed E-state index contributed by atoms with van der Waals surface area (Å²) in [7, 11) is 0. The summed E-state index contributed by atoms with van der Waals surface area (Å²) in [6.07, 6.45) is -2.42. The topological polar surface area (TPSA) is 9.23 Å². The van der Waals surface area contributed by atoms with Crippen LogP contribution in [-0.2, 0) is 4.74 Å². The summed E-state index contributed by atoms with van der Waals surface area (Å²) in [4.78, 5) is 0. The molecular formula is C6H9F3O. The zero-order chi connectivity index (χ0) is 8.36. The molecule has 0 aliphatic rings. The number of hydrogen-bond donors (Lipinski definition) is 0. The van der Waals surface area contributed by atoms with Crippen LogP contribution in [0.3, 0.4) is 0 Å². The summed E-state index contributed by atoms with van der Waals surface area (Å²) in [5.74, 6) is 0. The van der Waals surface area contributed by atoms with Crippen molar-refractivity contribution in [3.63, 3.8) is 0 Å². The highest BCUT2D eigenvalue weighted by Crippen LogP contribution is 2.18. The first-order valence-electron chi connectivity index (χ1n) is 2.73. The van der Waals surface area contributed by atoms with Crippen LogP contribution in [0.15, 0.2) is 12.1 Å². The highest BCUT2D eigenvalue weighted by Gasteiger charge is 2.16. The van der Waals surface area contributed by atoms with E-state index in [4.69, 9.17) is 0 Å². The molecule has 10 heavy (non-hydrogen) atoms. The summed E-state index contributed by atoms with van der Waals surface area (Å²) in [5.41, 5.74) is -0.909. The molecule has 0 atom stereocenters. The quantitative estimate of drug-likeness (QED) is 0.527. The average molecular weight is 154 g/mol. The van der Waals surface area contributed by atoms with E-state index in [2.05, 4.69) is 4.74 Å². The maximum atomic E-state index is 11.9. The first-order valence-corrected chi connectivity index (χ1v) is 2.73. The van der Waals surface area contributed by atoms with Crippen molar-refractivity contribution in [2.45, 2.75) is 26.4 Å². The van der Waals surface area contributed by atoms with E-state index >= 15 is 0 Å². The molecule has 0 N–H and O–H groups in total. The molecule has 0 aromatic heterocycles.